The van der Waals surface area contributed by atoms with Crippen LogP contribution in [0.3, 0.4) is 0 Å². The van der Waals surface area contributed by atoms with Crippen molar-refractivity contribution in [1.82, 2.24) is 4.98 Å². The molecule has 3 aliphatic rings. The van der Waals surface area contributed by atoms with E-state index < -0.39 is 0 Å². The van der Waals surface area contributed by atoms with E-state index >= 15 is 0 Å². The van der Waals surface area contributed by atoms with Gasteiger partial charge in [-0.3, -0.25) is 0 Å². The van der Waals surface area contributed by atoms with E-state index in [1.165, 1.54) is 57.1 Å². The molecule has 3 nitrogen and oxygen atoms in total. The van der Waals surface area contributed by atoms with Crippen LogP contribution in [0.25, 0.3) is 0 Å². The molecule has 1 aromatic heterocycles. The van der Waals surface area contributed by atoms with Gasteiger partial charge in [-0.1, -0.05) is 45.6 Å². The fraction of sp³-hybridized carbons (Fsp3) is 0.739. The largest absolute Gasteiger partial charge is 0.474 e. The highest BCUT2D eigenvalue weighted by Gasteiger charge is 2.35. The third-order valence-electron chi connectivity index (χ3n) is 6.60. The Morgan fingerprint density at radius 3 is 2.27 bits per heavy atom. The molecule has 0 N–H and O–H groups in total. The summed E-state index contributed by atoms with van der Waals surface area (Å²) in [5.74, 6) is 3.74. The van der Waals surface area contributed by atoms with Gasteiger partial charge in [0, 0.05) is 11.6 Å². The second-order valence-corrected chi connectivity index (χ2v) is 9.09. The maximum absolute atomic E-state index is 5.93. The average molecular weight is 355 g/mol. The highest BCUT2D eigenvalue weighted by molar-refractivity contribution is 5.93. The standard InChI is InChI=1S/C23H34N2O/c1-16(2)14-19-15-26-23(24-19)21-13-7-12-20(25-21)22(17-8-3-4-9-17)18-10-5-6-11-18/h7,12-13,16-19,22H,3-6,8-11,14-15H2,1-2H3/t19-/m0/s1. The molecule has 4 rings (SSSR count). The molecule has 2 fully saturated rings. The number of aliphatic imine (C=N–C) groups is 1. The van der Waals surface area contributed by atoms with E-state index in [0.29, 0.717) is 24.5 Å². The highest BCUT2D eigenvalue weighted by Crippen LogP contribution is 2.46. The van der Waals surface area contributed by atoms with Crippen LogP contribution in [0.2, 0.25) is 0 Å². The van der Waals surface area contributed by atoms with Crippen molar-refractivity contribution >= 4 is 5.90 Å². The van der Waals surface area contributed by atoms with Crippen LogP contribution in [-0.2, 0) is 4.74 Å². The number of ether oxygens (including phenoxy) is 1. The Kier molecular flexibility index (Phi) is 5.61. The lowest BCUT2D eigenvalue weighted by Gasteiger charge is -2.29. The van der Waals surface area contributed by atoms with Crippen molar-refractivity contribution < 1.29 is 4.74 Å². The summed E-state index contributed by atoms with van der Waals surface area (Å²) < 4.78 is 5.93. The zero-order chi connectivity index (χ0) is 17.9. The molecule has 1 aromatic rings. The molecule has 26 heavy (non-hydrogen) atoms. The number of rotatable bonds is 6. The summed E-state index contributed by atoms with van der Waals surface area (Å²) >= 11 is 0. The quantitative estimate of drug-likeness (QED) is 0.653. The molecule has 0 radical (unpaired) electrons. The predicted molar refractivity (Wildman–Crippen MR) is 107 cm³/mol. The topological polar surface area (TPSA) is 34.5 Å². The van der Waals surface area contributed by atoms with Gasteiger partial charge < -0.3 is 4.74 Å². The van der Waals surface area contributed by atoms with Crippen molar-refractivity contribution in [2.24, 2.45) is 22.7 Å². The Labute approximate surface area is 158 Å². The molecule has 2 heterocycles. The van der Waals surface area contributed by atoms with E-state index in [4.69, 9.17) is 14.7 Å². The number of aromatic nitrogens is 1. The van der Waals surface area contributed by atoms with Gasteiger partial charge in [0.25, 0.3) is 0 Å². The fourth-order valence-corrected chi connectivity index (χ4v) is 5.48. The molecular formula is C23H34N2O. The van der Waals surface area contributed by atoms with E-state index in [1.807, 2.05) is 0 Å². The van der Waals surface area contributed by atoms with Gasteiger partial charge in [-0.2, -0.15) is 0 Å². The van der Waals surface area contributed by atoms with Crippen molar-refractivity contribution in [3.63, 3.8) is 0 Å². The predicted octanol–water partition coefficient (Wildman–Crippen LogP) is 5.74. The third kappa shape index (κ3) is 3.97. The zero-order valence-electron chi connectivity index (χ0n) is 16.5. The van der Waals surface area contributed by atoms with Gasteiger partial charge in [-0.15, -0.1) is 0 Å². The zero-order valence-corrected chi connectivity index (χ0v) is 16.5. The summed E-state index contributed by atoms with van der Waals surface area (Å²) in [4.78, 5) is 9.93. The number of nitrogens with zero attached hydrogens (tertiary/aromatic N) is 2. The Balaban J connectivity index is 1.57. The van der Waals surface area contributed by atoms with E-state index in [2.05, 4.69) is 32.0 Å². The summed E-state index contributed by atoms with van der Waals surface area (Å²) in [6, 6.07) is 6.83. The molecule has 0 bridgehead atoms. The Morgan fingerprint density at radius 2 is 1.65 bits per heavy atom. The van der Waals surface area contributed by atoms with Gasteiger partial charge in [0.15, 0.2) is 0 Å². The molecule has 2 aliphatic carbocycles. The maximum Gasteiger partial charge on any atom is 0.235 e. The van der Waals surface area contributed by atoms with Crippen molar-refractivity contribution in [3.8, 4) is 0 Å². The van der Waals surface area contributed by atoms with Crippen LogP contribution in [-0.4, -0.2) is 23.5 Å². The van der Waals surface area contributed by atoms with E-state index in [-0.39, 0.29) is 0 Å². The minimum absolute atomic E-state index is 0.302. The first-order valence-electron chi connectivity index (χ1n) is 10.9. The second-order valence-electron chi connectivity index (χ2n) is 9.09. The van der Waals surface area contributed by atoms with E-state index in [9.17, 15) is 0 Å². The summed E-state index contributed by atoms with van der Waals surface area (Å²) in [6.45, 7) is 5.22. The lowest BCUT2D eigenvalue weighted by atomic mass is 9.77. The van der Waals surface area contributed by atoms with Crippen molar-refractivity contribution in [3.05, 3.63) is 29.6 Å². The summed E-state index contributed by atoms with van der Waals surface area (Å²) in [5, 5.41) is 0. The van der Waals surface area contributed by atoms with Gasteiger partial charge in [0.05, 0.1) is 6.04 Å². The van der Waals surface area contributed by atoms with Crippen LogP contribution >= 0.6 is 0 Å². The van der Waals surface area contributed by atoms with Gasteiger partial charge in [-0.05, 0) is 62.0 Å². The lowest BCUT2D eigenvalue weighted by molar-refractivity contribution is 0.299. The molecule has 0 aromatic carbocycles. The second kappa shape index (κ2) is 8.10. The monoisotopic (exact) mass is 354 g/mol. The van der Waals surface area contributed by atoms with Crippen molar-refractivity contribution in [2.45, 2.75) is 83.6 Å². The number of hydrogen-bond acceptors (Lipinski definition) is 3. The van der Waals surface area contributed by atoms with Crippen LogP contribution < -0.4 is 0 Å². The summed E-state index contributed by atoms with van der Waals surface area (Å²) in [7, 11) is 0. The summed E-state index contributed by atoms with van der Waals surface area (Å²) in [5.41, 5.74) is 2.26. The molecule has 2 saturated carbocycles. The van der Waals surface area contributed by atoms with E-state index in [0.717, 1.165) is 29.8 Å². The fourth-order valence-electron chi connectivity index (χ4n) is 5.48. The maximum atomic E-state index is 5.93. The highest BCUT2D eigenvalue weighted by atomic mass is 16.5. The Bertz CT molecular complexity index is 611. The molecule has 0 unspecified atom stereocenters. The summed E-state index contributed by atoms with van der Waals surface area (Å²) in [6.07, 6.45) is 12.3. The molecule has 3 heteroatoms. The van der Waals surface area contributed by atoms with Crippen LogP contribution in [0.5, 0.6) is 0 Å². The SMILES string of the molecule is CC(C)C[C@H]1COC(c2cccc(C(C3CCCC3)C3CCCC3)n2)=N1. The molecule has 1 atom stereocenters. The Morgan fingerprint density at radius 1 is 1.00 bits per heavy atom. The van der Waals surface area contributed by atoms with E-state index in [1.54, 1.807) is 0 Å². The molecule has 0 saturated heterocycles. The average Bonchev–Trinajstić information content (AvgIpc) is 3.38. The van der Waals surface area contributed by atoms with Gasteiger partial charge >= 0.3 is 0 Å². The van der Waals surface area contributed by atoms with Crippen LogP contribution in [0.4, 0.5) is 0 Å². The minimum atomic E-state index is 0.302. The number of hydrogen-bond donors (Lipinski definition) is 0. The molecular weight excluding hydrogens is 320 g/mol. The lowest BCUT2D eigenvalue weighted by Crippen LogP contribution is -2.20. The molecule has 0 spiro atoms. The minimum Gasteiger partial charge on any atom is -0.474 e. The van der Waals surface area contributed by atoms with Crippen LogP contribution in [0.15, 0.2) is 23.2 Å². The number of pyridine rings is 1. The van der Waals surface area contributed by atoms with Crippen LogP contribution in [0, 0.1) is 17.8 Å². The first-order valence-corrected chi connectivity index (χ1v) is 10.9. The molecule has 1 aliphatic heterocycles. The Hall–Kier alpha value is -1.38. The molecule has 0 amide bonds. The normalized spacial score (nSPS) is 24.6. The third-order valence-corrected chi connectivity index (χ3v) is 6.60. The van der Waals surface area contributed by atoms with Gasteiger partial charge in [-0.25, -0.2) is 9.98 Å². The first kappa shape index (κ1) is 18.0. The van der Waals surface area contributed by atoms with Crippen molar-refractivity contribution in [2.75, 3.05) is 6.61 Å². The van der Waals surface area contributed by atoms with Gasteiger partial charge in [0.1, 0.15) is 12.3 Å². The smallest absolute Gasteiger partial charge is 0.235 e. The molecule has 142 valence electrons. The first-order chi connectivity index (χ1) is 12.7. The van der Waals surface area contributed by atoms with Gasteiger partial charge in [0.2, 0.25) is 5.90 Å². The van der Waals surface area contributed by atoms with Crippen molar-refractivity contribution in [1.29, 1.82) is 0 Å². The van der Waals surface area contributed by atoms with Crippen LogP contribution in [0.1, 0.15) is 88.9 Å².